The largest absolute Gasteiger partial charge is 0.345 e. The number of aromatic nitrogens is 1. The molecule has 5 heteroatoms. The first-order valence-corrected chi connectivity index (χ1v) is 5.96. The monoisotopic (exact) mass is 248 g/mol. The predicted molar refractivity (Wildman–Crippen MR) is 68.4 cm³/mol. The molecule has 1 aromatic heterocycles. The third kappa shape index (κ3) is 2.45. The maximum absolute atomic E-state index is 11.8. The minimum absolute atomic E-state index is 0.0515. The zero-order chi connectivity index (χ0) is 12.4. The number of H-pyrrole nitrogens is 1. The van der Waals surface area contributed by atoms with E-state index in [0.717, 1.165) is 22.6 Å². The van der Waals surface area contributed by atoms with Gasteiger partial charge in [-0.25, -0.2) is 0 Å². The van der Waals surface area contributed by atoms with E-state index in [1.807, 2.05) is 12.1 Å². The lowest BCUT2D eigenvalue weighted by Crippen LogP contribution is -2.21. The van der Waals surface area contributed by atoms with E-state index < -0.39 is 0 Å². The van der Waals surface area contributed by atoms with Crippen molar-refractivity contribution in [3.8, 4) is 11.3 Å². The molecule has 0 aliphatic heterocycles. The maximum atomic E-state index is 11.8. The predicted octanol–water partition coefficient (Wildman–Crippen LogP) is 1.81. The van der Waals surface area contributed by atoms with Crippen LogP contribution in [0.15, 0.2) is 34.4 Å². The highest BCUT2D eigenvalue weighted by Crippen LogP contribution is 2.18. The number of nitrogens with zero attached hydrogens (tertiary/aromatic N) is 1. The van der Waals surface area contributed by atoms with Crippen LogP contribution >= 0.6 is 11.3 Å². The van der Waals surface area contributed by atoms with E-state index in [2.05, 4.69) is 4.98 Å². The summed E-state index contributed by atoms with van der Waals surface area (Å²) >= 11 is 1.11. The van der Waals surface area contributed by atoms with Gasteiger partial charge in [0.1, 0.15) is 0 Å². The van der Waals surface area contributed by atoms with Crippen molar-refractivity contribution in [1.29, 1.82) is 0 Å². The lowest BCUT2D eigenvalue weighted by molar-refractivity contribution is 0.0827. The zero-order valence-corrected chi connectivity index (χ0v) is 10.4. The molecule has 0 aliphatic carbocycles. The van der Waals surface area contributed by atoms with Gasteiger partial charge in [-0.1, -0.05) is 23.5 Å². The normalized spacial score (nSPS) is 10.2. The third-order valence-corrected chi connectivity index (χ3v) is 3.02. The first-order valence-electron chi connectivity index (χ1n) is 5.08. The van der Waals surface area contributed by atoms with Gasteiger partial charge in [-0.3, -0.25) is 9.59 Å². The molecule has 1 amide bonds. The molecule has 1 N–H and O–H groups in total. The van der Waals surface area contributed by atoms with Crippen LogP contribution < -0.4 is 4.87 Å². The van der Waals surface area contributed by atoms with Gasteiger partial charge in [-0.05, 0) is 17.7 Å². The van der Waals surface area contributed by atoms with Crippen molar-refractivity contribution in [2.45, 2.75) is 0 Å². The summed E-state index contributed by atoms with van der Waals surface area (Å²) in [6, 6.07) is 7.21. The molecule has 0 saturated heterocycles. The van der Waals surface area contributed by atoms with Crippen molar-refractivity contribution in [2.24, 2.45) is 0 Å². The second kappa shape index (κ2) is 4.55. The fourth-order valence-electron chi connectivity index (χ4n) is 1.50. The van der Waals surface area contributed by atoms with Gasteiger partial charge in [-0.15, -0.1) is 0 Å². The molecule has 0 aliphatic rings. The van der Waals surface area contributed by atoms with Gasteiger partial charge in [0.25, 0.3) is 5.91 Å². The summed E-state index contributed by atoms with van der Waals surface area (Å²) in [7, 11) is 3.42. The topological polar surface area (TPSA) is 53.2 Å². The number of nitrogens with one attached hydrogen (secondary N) is 1. The summed E-state index contributed by atoms with van der Waals surface area (Å²) in [5, 5.41) is 1.75. The average molecular weight is 248 g/mol. The lowest BCUT2D eigenvalue weighted by atomic mass is 10.1. The van der Waals surface area contributed by atoms with Gasteiger partial charge in [0, 0.05) is 25.0 Å². The van der Waals surface area contributed by atoms with Crippen molar-refractivity contribution in [3.05, 3.63) is 44.9 Å². The van der Waals surface area contributed by atoms with Gasteiger partial charge >= 0.3 is 4.87 Å². The van der Waals surface area contributed by atoms with Crippen molar-refractivity contribution in [2.75, 3.05) is 14.1 Å². The molecule has 1 aromatic carbocycles. The zero-order valence-electron chi connectivity index (χ0n) is 9.56. The minimum atomic E-state index is -0.0932. The molecule has 2 rings (SSSR count). The van der Waals surface area contributed by atoms with Crippen molar-refractivity contribution >= 4 is 17.2 Å². The van der Waals surface area contributed by atoms with E-state index in [1.165, 1.54) is 4.90 Å². The molecular weight excluding hydrogens is 236 g/mol. The van der Waals surface area contributed by atoms with Gasteiger partial charge < -0.3 is 9.88 Å². The van der Waals surface area contributed by atoms with Crippen LogP contribution in [0.25, 0.3) is 11.3 Å². The highest BCUT2D eigenvalue weighted by molar-refractivity contribution is 7.07. The Morgan fingerprint density at radius 2 is 2.12 bits per heavy atom. The van der Waals surface area contributed by atoms with Gasteiger partial charge in [0.15, 0.2) is 0 Å². The molecule has 0 radical (unpaired) electrons. The second-order valence-electron chi connectivity index (χ2n) is 3.84. The molecule has 4 nitrogen and oxygen atoms in total. The van der Waals surface area contributed by atoms with Crippen LogP contribution in [0.1, 0.15) is 10.4 Å². The summed E-state index contributed by atoms with van der Waals surface area (Å²) in [6.45, 7) is 0. The molecule has 0 spiro atoms. The number of carbonyl (C=O) groups excluding carboxylic acids is 1. The Bertz CT molecular complexity index is 598. The van der Waals surface area contributed by atoms with Crippen LogP contribution in [0, 0.1) is 0 Å². The fourth-order valence-corrected chi connectivity index (χ4v) is 2.09. The number of benzene rings is 1. The Labute approximate surface area is 103 Å². The first-order chi connectivity index (χ1) is 8.08. The summed E-state index contributed by atoms with van der Waals surface area (Å²) in [5.41, 5.74) is 2.20. The highest BCUT2D eigenvalue weighted by Gasteiger charge is 2.09. The Balaban J connectivity index is 2.41. The summed E-state index contributed by atoms with van der Waals surface area (Å²) in [6.07, 6.45) is 0. The first kappa shape index (κ1) is 11.6. The lowest BCUT2D eigenvalue weighted by Gasteiger charge is -2.10. The fraction of sp³-hybridized carbons (Fsp3) is 0.167. The number of thiazole rings is 1. The van der Waals surface area contributed by atoms with Crippen LogP contribution in [0.2, 0.25) is 0 Å². The number of aromatic amines is 1. The Kier molecular flexibility index (Phi) is 3.10. The quantitative estimate of drug-likeness (QED) is 0.881. The maximum Gasteiger partial charge on any atom is 0.304 e. The molecule has 0 bridgehead atoms. The van der Waals surface area contributed by atoms with Gasteiger partial charge in [0.2, 0.25) is 0 Å². The van der Waals surface area contributed by atoms with Crippen LogP contribution in [-0.4, -0.2) is 29.9 Å². The van der Waals surface area contributed by atoms with Crippen LogP contribution in [0.3, 0.4) is 0 Å². The van der Waals surface area contributed by atoms with E-state index >= 15 is 0 Å². The SMILES string of the molecule is CN(C)C(=O)c1cccc(-c2csc(=O)[nH]2)c1. The van der Waals surface area contributed by atoms with Crippen LogP contribution in [-0.2, 0) is 0 Å². The van der Waals surface area contributed by atoms with E-state index in [4.69, 9.17) is 0 Å². The van der Waals surface area contributed by atoms with Crippen LogP contribution in [0.4, 0.5) is 0 Å². The molecule has 88 valence electrons. The Morgan fingerprint density at radius 3 is 2.71 bits per heavy atom. The molecule has 0 unspecified atom stereocenters. The molecule has 0 saturated carbocycles. The standard InChI is InChI=1S/C12H12N2O2S/c1-14(2)11(15)9-5-3-4-8(6-9)10-7-17-12(16)13-10/h3-7H,1-2H3,(H,13,16). The number of hydrogen-bond acceptors (Lipinski definition) is 3. The highest BCUT2D eigenvalue weighted by atomic mass is 32.1. The van der Waals surface area contributed by atoms with Gasteiger partial charge in [-0.2, -0.15) is 0 Å². The number of hydrogen-bond donors (Lipinski definition) is 1. The number of amides is 1. The van der Waals surface area contributed by atoms with E-state index in [1.54, 1.807) is 31.6 Å². The molecule has 2 aromatic rings. The van der Waals surface area contributed by atoms with E-state index in [-0.39, 0.29) is 10.8 Å². The van der Waals surface area contributed by atoms with Crippen molar-refractivity contribution in [1.82, 2.24) is 9.88 Å². The second-order valence-corrected chi connectivity index (χ2v) is 4.68. The molecule has 0 atom stereocenters. The molecular formula is C12H12N2O2S. The van der Waals surface area contributed by atoms with Gasteiger partial charge in [0.05, 0.1) is 5.69 Å². The molecule has 0 fully saturated rings. The molecule has 17 heavy (non-hydrogen) atoms. The third-order valence-electron chi connectivity index (χ3n) is 2.35. The summed E-state index contributed by atoms with van der Waals surface area (Å²) < 4.78 is 0. The van der Waals surface area contributed by atoms with Crippen molar-refractivity contribution in [3.63, 3.8) is 0 Å². The average Bonchev–Trinajstić information content (AvgIpc) is 2.75. The van der Waals surface area contributed by atoms with Crippen molar-refractivity contribution < 1.29 is 4.79 Å². The summed E-state index contributed by atoms with van der Waals surface area (Å²) in [5.74, 6) is -0.0515. The van der Waals surface area contributed by atoms with E-state index in [9.17, 15) is 9.59 Å². The number of carbonyl (C=O) groups is 1. The Hall–Kier alpha value is -1.88. The smallest absolute Gasteiger partial charge is 0.304 e. The Morgan fingerprint density at radius 1 is 1.35 bits per heavy atom. The van der Waals surface area contributed by atoms with Crippen LogP contribution in [0.5, 0.6) is 0 Å². The summed E-state index contributed by atoms with van der Waals surface area (Å²) in [4.78, 5) is 27.0. The molecule has 1 heterocycles. The number of rotatable bonds is 2. The van der Waals surface area contributed by atoms with E-state index in [0.29, 0.717) is 5.56 Å². The minimum Gasteiger partial charge on any atom is -0.345 e.